The summed E-state index contributed by atoms with van der Waals surface area (Å²) in [5.74, 6) is 0.807. The predicted molar refractivity (Wildman–Crippen MR) is 81.6 cm³/mol. The Kier molecular flexibility index (Phi) is 5.62. The third kappa shape index (κ3) is 5.34. The van der Waals surface area contributed by atoms with Crippen molar-refractivity contribution in [2.45, 2.75) is 34.2 Å². The molecule has 0 saturated carbocycles. The highest BCUT2D eigenvalue weighted by molar-refractivity contribution is 5.75. The summed E-state index contributed by atoms with van der Waals surface area (Å²) in [6, 6.07) is 7.39. The summed E-state index contributed by atoms with van der Waals surface area (Å²) < 4.78 is 5.08. The fourth-order valence-electron chi connectivity index (χ4n) is 1.37. The molecule has 4 heteroatoms. The number of benzene rings is 1. The Balaban J connectivity index is 2.43. The van der Waals surface area contributed by atoms with E-state index in [1.54, 1.807) is 13.3 Å². The summed E-state index contributed by atoms with van der Waals surface area (Å²) in [5, 5.41) is 5.55. The molecule has 1 rings (SSSR count). The highest BCUT2D eigenvalue weighted by Gasteiger charge is 2.12. The zero-order chi connectivity index (χ0) is 15.2. The zero-order valence-electron chi connectivity index (χ0n) is 12.9. The Bertz CT molecular complexity index is 470. The van der Waals surface area contributed by atoms with E-state index in [1.165, 1.54) is 0 Å². The van der Waals surface area contributed by atoms with E-state index in [-0.39, 0.29) is 11.4 Å². The molecule has 0 saturated heterocycles. The van der Waals surface area contributed by atoms with Gasteiger partial charge in [0.1, 0.15) is 5.75 Å². The first-order valence-electron chi connectivity index (χ1n) is 6.67. The third-order valence-corrected chi connectivity index (χ3v) is 3.21. The standard InChI is InChI=1S/C16H24N2O2/c1-12(16(2,3)4)10-17-15(19)18-11-13-6-8-14(20-5)9-7-13/h6-10H,11H2,1-5H3,(H2,17,18,19)/b12-10+. The van der Waals surface area contributed by atoms with Crippen LogP contribution in [0.25, 0.3) is 0 Å². The second-order valence-electron chi connectivity index (χ2n) is 5.75. The average molecular weight is 276 g/mol. The van der Waals surface area contributed by atoms with Crippen LogP contribution >= 0.6 is 0 Å². The van der Waals surface area contributed by atoms with Gasteiger partial charge in [-0.1, -0.05) is 38.5 Å². The monoisotopic (exact) mass is 276 g/mol. The van der Waals surface area contributed by atoms with Crippen LogP contribution < -0.4 is 15.4 Å². The van der Waals surface area contributed by atoms with Gasteiger partial charge in [0.05, 0.1) is 7.11 Å². The van der Waals surface area contributed by atoms with Crippen molar-refractivity contribution >= 4 is 6.03 Å². The molecular weight excluding hydrogens is 252 g/mol. The number of rotatable bonds is 4. The second-order valence-corrected chi connectivity index (χ2v) is 5.75. The minimum atomic E-state index is -0.204. The molecule has 0 heterocycles. The van der Waals surface area contributed by atoms with Crippen molar-refractivity contribution in [2.75, 3.05) is 7.11 Å². The summed E-state index contributed by atoms with van der Waals surface area (Å²) in [6.45, 7) is 8.81. The van der Waals surface area contributed by atoms with Gasteiger partial charge in [0.2, 0.25) is 0 Å². The molecule has 1 aromatic carbocycles. The normalized spacial score (nSPS) is 11.9. The van der Waals surface area contributed by atoms with Crippen molar-refractivity contribution < 1.29 is 9.53 Å². The first kappa shape index (κ1) is 16.1. The van der Waals surface area contributed by atoms with Crippen molar-refractivity contribution in [3.8, 4) is 5.75 Å². The van der Waals surface area contributed by atoms with Crippen LogP contribution in [0, 0.1) is 5.41 Å². The lowest BCUT2D eigenvalue weighted by molar-refractivity contribution is 0.243. The third-order valence-electron chi connectivity index (χ3n) is 3.21. The maximum absolute atomic E-state index is 11.7. The van der Waals surface area contributed by atoms with E-state index in [4.69, 9.17) is 4.74 Å². The quantitative estimate of drug-likeness (QED) is 0.885. The molecule has 110 valence electrons. The fraction of sp³-hybridized carbons (Fsp3) is 0.438. The SMILES string of the molecule is COc1ccc(CNC(=O)N/C=C(\C)C(C)(C)C)cc1. The van der Waals surface area contributed by atoms with Gasteiger partial charge >= 0.3 is 6.03 Å². The van der Waals surface area contributed by atoms with Gasteiger partial charge in [-0.2, -0.15) is 0 Å². The minimum absolute atomic E-state index is 0.0588. The van der Waals surface area contributed by atoms with Gasteiger partial charge in [0.25, 0.3) is 0 Å². The lowest BCUT2D eigenvalue weighted by atomic mass is 9.88. The number of amides is 2. The van der Waals surface area contributed by atoms with Crippen LogP contribution in [0.3, 0.4) is 0 Å². The van der Waals surface area contributed by atoms with E-state index >= 15 is 0 Å². The van der Waals surface area contributed by atoms with Crippen molar-refractivity contribution in [3.63, 3.8) is 0 Å². The van der Waals surface area contributed by atoms with Gasteiger partial charge in [-0.25, -0.2) is 4.79 Å². The Morgan fingerprint density at radius 1 is 1.25 bits per heavy atom. The number of nitrogens with one attached hydrogen (secondary N) is 2. The molecule has 2 N–H and O–H groups in total. The van der Waals surface area contributed by atoms with Gasteiger partial charge in [0.15, 0.2) is 0 Å². The van der Waals surface area contributed by atoms with E-state index in [9.17, 15) is 4.79 Å². The molecule has 1 aromatic rings. The number of methoxy groups -OCH3 is 1. The molecule has 0 aliphatic rings. The van der Waals surface area contributed by atoms with Crippen LogP contribution in [0.5, 0.6) is 5.75 Å². The molecule has 0 fully saturated rings. The number of allylic oxidation sites excluding steroid dienone is 1. The molecule has 0 atom stereocenters. The van der Waals surface area contributed by atoms with Crippen LogP contribution in [0.1, 0.15) is 33.3 Å². The number of hydrogen-bond donors (Lipinski definition) is 2. The molecule has 0 spiro atoms. The van der Waals surface area contributed by atoms with Gasteiger partial charge in [-0.15, -0.1) is 0 Å². The number of carbonyl (C=O) groups is 1. The number of ether oxygens (including phenoxy) is 1. The summed E-state index contributed by atoms with van der Waals surface area (Å²) in [7, 11) is 1.63. The van der Waals surface area contributed by atoms with Crippen LogP contribution in [-0.2, 0) is 6.54 Å². The lowest BCUT2D eigenvalue weighted by Gasteiger charge is -2.19. The molecule has 20 heavy (non-hydrogen) atoms. The zero-order valence-corrected chi connectivity index (χ0v) is 12.9. The minimum Gasteiger partial charge on any atom is -0.497 e. The van der Waals surface area contributed by atoms with Gasteiger partial charge < -0.3 is 15.4 Å². The molecule has 2 amide bonds. The van der Waals surface area contributed by atoms with Crippen molar-refractivity contribution in [1.82, 2.24) is 10.6 Å². The van der Waals surface area contributed by atoms with Crippen molar-refractivity contribution in [3.05, 3.63) is 41.6 Å². The van der Waals surface area contributed by atoms with E-state index < -0.39 is 0 Å². The summed E-state index contributed by atoms with van der Waals surface area (Å²) >= 11 is 0. The molecule has 0 aromatic heterocycles. The Hall–Kier alpha value is -1.97. The van der Waals surface area contributed by atoms with Crippen molar-refractivity contribution in [2.24, 2.45) is 5.41 Å². The van der Waals surface area contributed by atoms with Crippen LogP contribution in [0.4, 0.5) is 4.79 Å². The maximum Gasteiger partial charge on any atom is 0.319 e. The van der Waals surface area contributed by atoms with Gasteiger partial charge in [0, 0.05) is 12.7 Å². The van der Waals surface area contributed by atoms with Crippen LogP contribution in [0.2, 0.25) is 0 Å². The second kappa shape index (κ2) is 6.98. The summed E-state index contributed by atoms with van der Waals surface area (Å²) in [6.07, 6.45) is 1.75. The Morgan fingerprint density at radius 2 is 1.85 bits per heavy atom. The predicted octanol–water partition coefficient (Wildman–Crippen LogP) is 3.44. The molecule has 0 aliphatic heterocycles. The molecule has 0 bridgehead atoms. The summed E-state index contributed by atoms with van der Waals surface area (Å²) in [4.78, 5) is 11.7. The number of urea groups is 1. The molecule has 0 unspecified atom stereocenters. The molecule has 4 nitrogen and oxygen atoms in total. The Labute approximate surface area is 121 Å². The lowest BCUT2D eigenvalue weighted by Crippen LogP contribution is -2.32. The summed E-state index contributed by atoms with van der Waals surface area (Å²) in [5.41, 5.74) is 2.21. The van der Waals surface area contributed by atoms with E-state index in [1.807, 2.05) is 31.2 Å². The first-order chi connectivity index (χ1) is 9.32. The molecule has 0 aliphatic carbocycles. The van der Waals surface area contributed by atoms with E-state index in [0.717, 1.165) is 16.9 Å². The van der Waals surface area contributed by atoms with E-state index in [2.05, 4.69) is 31.4 Å². The highest BCUT2D eigenvalue weighted by atomic mass is 16.5. The van der Waals surface area contributed by atoms with Crippen LogP contribution in [-0.4, -0.2) is 13.1 Å². The Morgan fingerprint density at radius 3 is 2.35 bits per heavy atom. The van der Waals surface area contributed by atoms with Crippen molar-refractivity contribution in [1.29, 1.82) is 0 Å². The van der Waals surface area contributed by atoms with Gasteiger partial charge in [-0.05, 0) is 30.0 Å². The highest BCUT2D eigenvalue weighted by Crippen LogP contribution is 2.23. The first-order valence-corrected chi connectivity index (χ1v) is 6.67. The number of carbonyl (C=O) groups excluding carboxylic acids is 1. The fourth-order valence-corrected chi connectivity index (χ4v) is 1.37. The topological polar surface area (TPSA) is 50.4 Å². The average Bonchev–Trinajstić information content (AvgIpc) is 2.41. The van der Waals surface area contributed by atoms with Gasteiger partial charge in [-0.3, -0.25) is 0 Å². The molecule has 0 radical (unpaired) electrons. The smallest absolute Gasteiger partial charge is 0.319 e. The molecular formula is C16H24N2O2. The number of hydrogen-bond acceptors (Lipinski definition) is 2. The largest absolute Gasteiger partial charge is 0.497 e. The maximum atomic E-state index is 11.7. The van der Waals surface area contributed by atoms with Crippen LogP contribution in [0.15, 0.2) is 36.0 Å². The van der Waals surface area contributed by atoms with E-state index in [0.29, 0.717) is 6.54 Å².